The van der Waals surface area contributed by atoms with E-state index in [4.69, 9.17) is 5.73 Å². The molecule has 1 nitrogen and oxygen atoms in total. The van der Waals surface area contributed by atoms with Crippen molar-refractivity contribution in [1.82, 2.24) is 0 Å². The minimum absolute atomic E-state index is 0.468. The van der Waals surface area contributed by atoms with E-state index in [-0.39, 0.29) is 0 Å². The molecule has 1 heteroatoms. The van der Waals surface area contributed by atoms with Gasteiger partial charge < -0.3 is 5.73 Å². The molecule has 0 aliphatic heterocycles. The molecule has 1 rings (SSSR count). The molecule has 11 heavy (non-hydrogen) atoms. The third-order valence-corrected chi connectivity index (χ3v) is 3.08. The normalized spacial score (nSPS) is 39.0. The van der Waals surface area contributed by atoms with Gasteiger partial charge in [-0.25, -0.2) is 0 Å². The summed E-state index contributed by atoms with van der Waals surface area (Å²) in [5.74, 6) is 1.52. The Hall–Kier alpha value is -0.0400. The molecule has 0 aromatic heterocycles. The second-order valence-electron chi connectivity index (χ2n) is 3.67. The van der Waals surface area contributed by atoms with E-state index in [1.54, 1.807) is 0 Å². The summed E-state index contributed by atoms with van der Waals surface area (Å²) in [7, 11) is 0. The van der Waals surface area contributed by atoms with Gasteiger partial charge in [0.25, 0.3) is 0 Å². The van der Waals surface area contributed by atoms with E-state index < -0.39 is 0 Å². The molecule has 0 aromatic carbocycles. The average molecular weight is 154 g/mol. The fourth-order valence-corrected chi connectivity index (χ4v) is 2.10. The second kappa shape index (κ2) is 4.10. The average Bonchev–Trinajstić information content (AvgIpc) is 2.05. The zero-order chi connectivity index (χ0) is 8.27. The van der Waals surface area contributed by atoms with Crippen molar-refractivity contribution < 1.29 is 0 Å². The lowest BCUT2D eigenvalue weighted by atomic mass is 9.75. The number of hydrogen-bond donors (Lipinski definition) is 1. The summed E-state index contributed by atoms with van der Waals surface area (Å²) in [5, 5.41) is 0. The van der Waals surface area contributed by atoms with Crippen molar-refractivity contribution >= 4 is 0 Å². The van der Waals surface area contributed by atoms with E-state index in [2.05, 4.69) is 20.3 Å². The van der Waals surface area contributed by atoms with Gasteiger partial charge in [0, 0.05) is 6.04 Å². The highest BCUT2D eigenvalue weighted by Gasteiger charge is 2.27. The van der Waals surface area contributed by atoms with E-state index in [1.807, 2.05) is 0 Å². The molecule has 0 aromatic rings. The topological polar surface area (TPSA) is 26.0 Å². The Kier molecular flexibility index (Phi) is 3.38. The molecule has 0 saturated heterocycles. The lowest BCUT2D eigenvalue weighted by molar-refractivity contribution is 0.248. The molecule has 0 amide bonds. The van der Waals surface area contributed by atoms with E-state index in [0.29, 0.717) is 6.04 Å². The van der Waals surface area contributed by atoms with Gasteiger partial charge in [0.2, 0.25) is 0 Å². The summed E-state index contributed by atoms with van der Waals surface area (Å²) < 4.78 is 0. The maximum atomic E-state index is 6.12. The Bertz CT molecular complexity index is 99.4. The van der Waals surface area contributed by atoms with Crippen molar-refractivity contribution in [2.45, 2.75) is 45.6 Å². The number of nitrogens with two attached hydrogens (primary N) is 1. The van der Waals surface area contributed by atoms with Crippen LogP contribution in [0.15, 0.2) is 0 Å². The number of rotatable bonds is 2. The molecule has 1 aliphatic rings. The Balaban J connectivity index is 2.45. The van der Waals surface area contributed by atoms with Gasteiger partial charge in [0.1, 0.15) is 0 Å². The minimum atomic E-state index is 0.468. The fourth-order valence-electron chi connectivity index (χ4n) is 2.10. The SMILES string of the molecule is CCC1C[CH]CC(CC)C1N. The zero-order valence-electron chi connectivity index (χ0n) is 7.72. The minimum Gasteiger partial charge on any atom is -0.327 e. The van der Waals surface area contributed by atoms with Gasteiger partial charge >= 0.3 is 0 Å². The predicted octanol–water partition coefficient (Wildman–Crippen LogP) is 2.36. The van der Waals surface area contributed by atoms with Crippen molar-refractivity contribution in [2.24, 2.45) is 17.6 Å². The quantitative estimate of drug-likeness (QED) is 0.649. The zero-order valence-corrected chi connectivity index (χ0v) is 7.72. The first-order valence-corrected chi connectivity index (χ1v) is 4.86. The highest BCUT2D eigenvalue weighted by molar-refractivity contribution is 4.90. The van der Waals surface area contributed by atoms with Crippen molar-refractivity contribution in [1.29, 1.82) is 0 Å². The molecule has 2 unspecified atom stereocenters. The summed E-state index contributed by atoms with van der Waals surface area (Å²) >= 11 is 0. The van der Waals surface area contributed by atoms with Crippen LogP contribution in [-0.2, 0) is 0 Å². The molecule has 65 valence electrons. The van der Waals surface area contributed by atoms with E-state index in [9.17, 15) is 0 Å². The van der Waals surface area contributed by atoms with Crippen LogP contribution >= 0.6 is 0 Å². The van der Waals surface area contributed by atoms with Crippen molar-refractivity contribution in [3.63, 3.8) is 0 Å². The first-order chi connectivity index (χ1) is 5.29. The molecule has 1 saturated carbocycles. The molecule has 1 fully saturated rings. The van der Waals surface area contributed by atoms with Gasteiger partial charge in [-0.2, -0.15) is 0 Å². The van der Waals surface area contributed by atoms with E-state index >= 15 is 0 Å². The summed E-state index contributed by atoms with van der Waals surface area (Å²) in [5.41, 5.74) is 6.12. The van der Waals surface area contributed by atoms with E-state index in [0.717, 1.165) is 11.8 Å². The van der Waals surface area contributed by atoms with Crippen LogP contribution in [0.3, 0.4) is 0 Å². The summed E-state index contributed by atoms with van der Waals surface area (Å²) in [6.45, 7) is 4.49. The number of hydrogen-bond acceptors (Lipinski definition) is 1. The van der Waals surface area contributed by atoms with Gasteiger partial charge in [-0.3, -0.25) is 0 Å². The smallest absolute Gasteiger partial charge is 0.00956 e. The van der Waals surface area contributed by atoms with Crippen LogP contribution in [0.5, 0.6) is 0 Å². The van der Waals surface area contributed by atoms with Gasteiger partial charge in [-0.15, -0.1) is 0 Å². The van der Waals surface area contributed by atoms with Crippen molar-refractivity contribution in [2.75, 3.05) is 0 Å². The van der Waals surface area contributed by atoms with Gasteiger partial charge in [0.05, 0.1) is 0 Å². The highest BCUT2D eigenvalue weighted by Crippen LogP contribution is 2.30. The summed E-state index contributed by atoms with van der Waals surface area (Å²) in [6.07, 6.45) is 7.40. The second-order valence-corrected chi connectivity index (χ2v) is 3.67. The fraction of sp³-hybridized carbons (Fsp3) is 0.900. The third-order valence-electron chi connectivity index (χ3n) is 3.08. The lowest BCUT2D eigenvalue weighted by Gasteiger charge is -2.34. The molecular formula is C10H20N. The maximum absolute atomic E-state index is 6.12. The largest absolute Gasteiger partial charge is 0.327 e. The molecule has 0 spiro atoms. The Morgan fingerprint density at radius 1 is 1.18 bits per heavy atom. The van der Waals surface area contributed by atoms with Gasteiger partial charge in [-0.05, 0) is 31.1 Å². The Morgan fingerprint density at radius 3 is 2.00 bits per heavy atom. The van der Waals surface area contributed by atoms with Crippen LogP contribution in [0.2, 0.25) is 0 Å². The van der Waals surface area contributed by atoms with Crippen LogP contribution in [0, 0.1) is 18.3 Å². The highest BCUT2D eigenvalue weighted by atomic mass is 14.7. The Labute approximate surface area is 70.4 Å². The summed E-state index contributed by atoms with van der Waals surface area (Å²) in [6, 6.07) is 0.468. The molecule has 2 N–H and O–H groups in total. The first-order valence-electron chi connectivity index (χ1n) is 4.86. The standard InChI is InChI=1S/C10H20N/c1-3-8-6-5-7-9(4-2)10(8)11/h5,8-10H,3-4,6-7,11H2,1-2H3. The third kappa shape index (κ3) is 1.96. The predicted molar refractivity (Wildman–Crippen MR) is 49.1 cm³/mol. The molecule has 2 atom stereocenters. The van der Waals surface area contributed by atoms with Gasteiger partial charge in [-0.1, -0.05) is 26.7 Å². The molecular weight excluding hydrogens is 134 g/mol. The molecule has 1 radical (unpaired) electrons. The molecule has 0 heterocycles. The lowest BCUT2D eigenvalue weighted by Crippen LogP contribution is -2.40. The Morgan fingerprint density at radius 2 is 1.64 bits per heavy atom. The van der Waals surface area contributed by atoms with Crippen molar-refractivity contribution in [3.8, 4) is 0 Å². The van der Waals surface area contributed by atoms with Crippen LogP contribution in [0.4, 0.5) is 0 Å². The van der Waals surface area contributed by atoms with Gasteiger partial charge in [0.15, 0.2) is 0 Å². The molecule has 0 bridgehead atoms. The summed E-state index contributed by atoms with van der Waals surface area (Å²) in [4.78, 5) is 0. The van der Waals surface area contributed by atoms with Crippen LogP contribution < -0.4 is 5.73 Å². The van der Waals surface area contributed by atoms with Crippen molar-refractivity contribution in [3.05, 3.63) is 6.42 Å². The van der Waals surface area contributed by atoms with Crippen LogP contribution in [0.25, 0.3) is 0 Å². The van der Waals surface area contributed by atoms with E-state index in [1.165, 1.54) is 25.7 Å². The monoisotopic (exact) mass is 154 g/mol. The van der Waals surface area contributed by atoms with Crippen LogP contribution in [0.1, 0.15) is 39.5 Å². The first kappa shape index (κ1) is 9.05. The maximum Gasteiger partial charge on any atom is 0.00956 e. The van der Waals surface area contributed by atoms with Crippen LogP contribution in [-0.4, -0.2) is 6.04 Å². The molecule has 1 aliphatic carbocycles.